The number of imide groups is 1. The van der Waals surface area contributed by atoms with Crippen molar-refractivity contribution < 1.29 is 9.59 Å². The average molecular weight is 211 g/mol. The van der Waals surface area contributed by atoms with Crippen LogP contribution in [0.25, 0.3) is 0 Å². The van der Waals surface area contributed by atoms with Crippen molar-refractivity contribution in [2.45, 2.75) is 24.5 Å². The van der Waals surface area contributed by atoms with Gasteiger partial charge in [-0.25, -0.2) is 0 Å². The summed E-state index contributed by atoms with van der Waals surface area (Å²) in [5.41, 5.74) is 0. The molecule has 2 heterocycles. The van der Waals surface area contributed by atoms with E-state index in [0.717, 1.165) is 12.2 Å². The Bertz CT molecular complexity index is 287. The van der Waals surface area contributed by atoms with E-state index in [-0.39, 0.29) is 16.6 Å². The molecule has 3 nitrogen and oxygen atoms in total. The van der Waals surface area contributed by atoms with Crippen molar-refractivity contribution >= 4 is 23.6 Å². The highest BCUT2D eigenvalue weighted by molar-refractivity contribution is 8.00. The van der Waals surface area contributed by atoms with Gasteiger partial charge >= 0.3 is 0 Å². The Morgan fingerprint density at radius 1 is 1.43 bits per heavy atom. The summed E-state index contributed by atoms with van der Waals surface area (Å²) in [7, 11) is 0. The quantitative estimate of drug-likeness (QED) is 0.644. The number of hydrogen-bond donors (Lipinski definition) is 0. The van der Waals surface area contributed by atoms with Crippen molar-refractivity contribution in [2.75, 3.05) is 12.3 Å². The van der Waals surface area contributed by atoms with Crippen LogP contribution in [-0.4, -0.2) is 33.8 Å². The van der Waals surface area contributed by atoms with Gasteiger partial charge in [0.2, 0.25) is 0 Å². The van der Waals surface area contributed by atoms with Crippen molar-refractivity contribution in [1.29, 1.82) is 0 Å². The number of carbonyl (C=O) groups excluding carboxylic acids is 2. The summed E-state index contributed by atoms with van der Waals surface area (Å²) in [6, 6.07) is 0. The molecule has 1 saturated heterocycles. The Balaban J connectivity index is 2.04. The summed E-state index contributed by atoms with van der Waals surface area (Å²) in [6.45, 7) is 2.69. The molecule has 14 heavy (non-hydrogen) atoms. The SMILES string of the molecule is CC1(CN2C(=O)C=CC2=O)CCCS1. The first-order valence-corrected chi connectivity index (χ1v) is 5.77. The lowest BCUT2D eigenvalue weighted by Gasteiger charge is -2.27. The Morgan fingerprint density at radius 3 is 2.57 bits per heavy atom. The summed E-state index contributed by atoms with van der Waals surface area (Å²) < 4.78 is 0.0807. The standard InChI is InChI=1S/C10H13NO2S/c1-10(5-2-6-14-10)7-11-8(12)3-4-9(11)13/h3-4H,2,5-7H2,1H3. The molecule has 4 heteroatoms. The highest BCUT2D eigenvalue weighted by Crippen LogP contribution is 2.38. The summed E-state index contributed by atoms with van der Waals surface area (Å²) in [5, 5.41) is 0. The molecule has 76 valence electrons. The first kappa shape index (κ1) is 9.77. The highest BCUT2D eigenvalue weighted by Gasteiger charge is 2.36. The lowest BCUT2D eigenvalue weighted by molar-refractivity contribution is -0.137. The van der Waals surface area contributed by atoms with Crippen LogP contribution >= 0.6 is 11.8 Å². The second-order valence-corrected chi connectivity index (χ2v) is 5.68. The second kappa shape index (κ2) is 3.42. The highest BCUT2D eigenvalue weighted by atomic mass is 32.2. The van der Waals surface area contributed by atoms with Gasteiger partial charge in [-0.3, -0.25) is 14.5 Å². The first-order chi connectivity index (χ1) is 6.61. The van der Waals surface area contributed by atoms with Crippen molar-refractivity contribution in [2.24, 2.45) is 0 Å². The third kappa shape index (κ3) is 1.71. The van der Waals surface area contributed by atoms with Crippen LogP contribution in [-0.2, 0) is 9.59 Å². The zero-order chi connectivity index (χ0) is 10.2. The van der Waals surface area contributed by atoms with Gasteiger partial charge in [-0.15, -0.1) is 0 Å². The van der Waals surface area contributed by atoms with E-state index in [4.69, 9.17) is 0 Å². The number of thioether (sulfide) groups is 1. The Hall–Kier alpha value is -0.770. The van der Waals surface area contributed by atoms with Crippen LogP contribution in [0.1, 0.15) is 19.8 Å². The van der Waals surface area contributed by atoms with Gasteiger partial charge in [0.05, 0.1) is 0 Å². The molecule has 0 bridgehead atoms. The minimum Gasteiger partial charge on any atom is -0.274 e. The van der Waals surface area contributed by atoms with Crippen molar-refractivity contribution in [3.05, 3.63) is 12.2 Å². The minimum absolute atomic E-state index is 0.0807. The van der Waals surface area contributed by atoms with E-state index >= 15 is 0 Å². The maximum Gasteiger partial charge on any atom is 0.253 e. The van der Waals surface area contributed by atoms with E-state index in [9.17, 15) is 9.59 Å². The lowest BCUT2D eigenvalue weighted by Crippen LogP contribution is -2.40. The molecule has 0 aliphatic carbocycles. The van der Waals surface area contributed by atoms with Crippen LogP contribution in [0.4, 0.5) is 0 Å². The maximum atomic E-state index is 11.3. The molecule has 2 aliphatic heterocycles. The topological polar surface area (TPSA) is 37.4 Å². The molecule has 1 unspecified atom stereocenters. The van der Waals surface area contributed by atoms with Crippen LogP contribution < -0.4 is 0 Å². The van der Waals surface area contributed by atoms with Crippen molar-refractivity contribution in [3.8, 4) is 0 Å². The van der Waals surface area contributed by atoms with E-state index < -0.39 is 0 Å². The molecule has 0 N–H and O–H groups in total. The van der Waals surface area contributed by atoms with Gasteiger partial charge in [0, 0.05) is 23.4 Å². The molecule has 0 saturated carbocycles. The van der Waals surface area contributed by atoms with Crippen molar-refractivity contribution in [1.82, 2.24) is 4.90 Å². The number of carbonyl (C=O) groups is 2. The number of amides is 2. The third-order valence-corrected chi connectivity index (χ3v) is 4.22. The molecule has 0 aromatic rings. The van der Waals surface area contributed by atoms with Crippen LogP contribution in [0.2, 0.25) is 0 Å². The van der Waals surface area contributed by atoms with E-state index in [1.807, 2.05) is 11.8 Å². The number of nitrogens with zero attached hydrogens (tertiary/aromatic N) is 1. The molecule has 2 amide bonds. The molecular formula is C10H13NO2S. The van der Waals surface area contributed by atoms with Gasteiger partial charge in [-0.05, 0) is 25.5 Å². The largest absolute Gasteiger partial charge is 0.274 e. The van der Waals surface area contributed by atoms with Crippen LogP contribution in [0.15, 0.2) is 12.2 Å². The zero-order valence-corrected chi connectivity index (χ0v) is 8.97. The van der Waals surface area contributed by atoms with E-state index in [2.05, 4.69) is 6.92 Å². The fourth-order valence-corrected chi connectivity index (χ4v) is 3.17. The Labute approximate surface area is 87.5 Å². The molecular weight excluding hydrogens is 198 g/mol. The average Bonchev–Trinajstić information content (AvgIpc) is 2.68. The predicted molar refractivity (Wildman–Crippen MR) is 56.0 cm³/mol. The number of hydrogen-bond acceptors (Lipinski definition) is 3. The zero-order valence-electron chi connectivity index (χ0n) is 8.16. The lowest BCUT2D eigenvalue weighted by atomic mass is 10.1. The summed E-state index contributed by atoms with van der Waals surface area (Å²) >= 11 is 1.86. The van der Waals surface area contributed by atoms with E-state index in [0.29, 0.717) is 6.54 Å². The molecule has 2 aliphatic rings. The molecule has 1 atom stereocenters. The second-order valence-electron chi connectivity index (χ2n) is 4.00. The van der Waals surface area contributed by atoms with Gasteiger partial charge < -0.3 is 0 Å². The molecule has 0 aromatic carbocycles. The van der Waals surface area contributed by atoms with E-state index in [1.54, 1.807) is 0 Å². The maximum absolute atomic E-state index is 11.3. The first-order valence-electron chi connectivity index (χ1n) is 4.78. The molecule has 0 spiro atoms. The van der Waals surface area contributed by atoms with E-state index in [1.165, 1.54) is 23.5 Å². The van der Waals surface area contributed by atoms with Gasteiger partial charge in [0.25, 0.3) is 11.8 Å². The monoisotopic (exact) mass is 211 g/mol. The van der Waals surface area contributed by atoms with Crippen LogP contribution in [0.5, 0.6) is 0 Å². The normalized spacial score (nSPS) is 31.9. The third-order valence-electron chi connectivity index (χ3n) is 2.69. The summed E-state index contributed by atoms with van der Waals surface area (Å²) in [5.74, 6) is 0.813. The molecule has 1 fully saturated rings. The van der Waals surface area contributed by atoms with Gasteiger partial charge in [0.15, 0.2) is 0 Å². The Morgan fingerprint density at radius 2 is 2.07 bits per heavy atom. The molecule has 0 radical (unpaired) electrons. The van der Waals surface area contributed by atoms with Crippen LogP contribution in [0, 0.1) is 0 Å². The molecule has 0 aromatic heterocycles. The van der Waals surface area contributed by atoms with Crippen LogP contribution in [0.3, 0.4) is 0 Å². The predicted octanol–water partition coefficient (Wildman–Crippen LogP) is 1.20. The number of rotatable bonds is 2. The van der Waals surface area contributed by atoms with Gasteiger partial charge in [-0.2, -0.15) is 11.8 Å². The summed E-state index contributed by atoms with van der Waals surface area (Å²) in [4.78, 5) is 24.0. The van der Waals surface area contributed by atoms with Gasteiger partial charge in [0.1, 0.15) is 0 Å². The molecule has 2 rings (SSSR count). The fourth-order valence-electron chi connectivity index (χ4n) is 1.88. The van der Waals surface area contributed by atoms with Crippen molar-refractivity contribution in [3.63, 3.8) is 0 Å². The minimum atomic E-state index is -0.163. The smallest absolute Gasteiger partial charge is 0.253 e. The Kier molecular flexibility index (Phi) is 2.39. The van der Waals surface area contributed by atoms with Gasteiger partial charge in [-0.1, -0.05) is 0 Å². The fraction of sp³-hybridized carbons (Fsp3) is 0.600. The summed E-state index contributed by atoms with van der Waals surface area (Å²) in [6.07, 6.45) is 4.98.